The van der Waals surface area contributed by atoms with Gasteiger partial charge in [0.15, 0.2) is 5.78 Å². The summed E-state index contributed by atoms with van der Waals surface area (Å²) in [6, 6.07) is 23.6. The van der Waals surface area contributed by atoms with E-state index in [0.717, 1.165) is 28.2 Å². The summed E-state index contributed by atoms with van der Waals surface area (Å²) >= 11 is 0. The summed E-state index contributed by atoms with van der Waals surface area (Å²) in [5.74, 6) is -0.0214. The zero-order valence-electron chi connectivity index (χ0n) is 26.6. The molecule has 0 radical (unpaired) electrons. The second-order valence-electron chi connectivity index (χ2n) is 13.4. The third-order valence-corrected chi connectivity index (χ3v) is 9.53. The summed E-state index contributed by atoms with van der Waals surface area (Å²) in [6.45, 7) is 6.38. The van der Waals surface area contributed by atoms with Crippen LogP contribution in [-0.4, -0.2) is 54.2 Å². The highest BCUT2D eigenvalue weighted by Gasteiger charge is 2.43. The second-order valence-corrected chi connectivity index (χ2v) is 13.4. The molecule has 3 aliphatic rings. The average molecular weight is 637 g/mol. The predicted octanol–water partition coefficient (Wildman–Crippen LogP) is 7.11. The highest BCUT2D eigenvalue weighted by Crippen LogP contribution is 2.48. The zero-order chi connectivity index (χ0) is 32.7. The maximum absolute atomic E-state index is 14.2. The molecular weight excluding hydrogens is 598 g/mol. The van der Waals surface area contributed by atoms with Gasteiger partial charge in [-0.3, -0.25) is 14.5 Å². The SMILES string of the molecule is CC1(C)CC(=O)C2=C(C1)Nc1ccccc1N(CC(=O)N1CCN(C(c3ccc(F)cc3)c3ccc(F)cc3)CC1)C2c1ccco1. The van der Waals surface area contributed by atoms with E-state index in [1.165, 1.54) is 24.3 Å². The number of amides is 1. The molecule has 2 aliphatic heterocycles. The van der Waals surface area contributed by atoms with E-state index in [-0.39, 0.29) is 41.3 Å². The van der Waals surface area contributed by atoms with Crippen molar-refractivity contribution in [2.45, 2.75) is 38.8 Å². The molecule has 0 spiro atoms. The number of nitrogens with one attached hydrogen (secondary N) is 1. The largest absolute Gasteiger partial charge is 0.467 e. The van der Waals surface area contributed by atoms with Gasteiger partial charge in [-0.2, -0.15) is 0 Å². The molecule has 1 saturated heterocycles. The van der Waals surface area contributed by atoms with Crippen LogP contribution in [0.4, 0.5) is 20.2 Å². The summed E-state index contributed by atoms with van der Waals surface area (Å²) in [6.07, 6.45) is 2.72. The monoisotopic (exact) mass is 636 g/mol. The number of halogens is 2. The van der Waals surface area contributed by atoms with E-state index in [2.05, 4.69) is 24.1 Å². The highest BCUT2D eigenvalue weighted by molar-refractivity contribution is 6.01. The van der Waals surface area contributed by atoms with Crippen LogP contribution in [0.5, 0.6) is 0 Å². The Bertz CT molecular complexity index is 1750. The number of anilines is 2. The Morgan fingerprint density at radius 2 is 1.51 bits per heavy atom. The maximum atomic E-state index is 14.2. The van der Waals surface area contributed by atoms with Crippen LogP contribution in [0.1, 0.15) is 55.7 Å². The number of para-hydroxylation sites is 2. The van der Waals surface area contributed by atoms with Gasteiger partial charge in [0.2, 0.25) is 5.91 Å². The number of fused-ring (bicyclic) bond motifs is 1. The quantitative estimate of drug-likeness (QED) is 0.243. The van der Waals surface area contributed by atoms with Crippen molar-refractivity contribution in [1.29, 1.82) is 0 Å². The van der Waals surface area contributed by atoms with Crippen LogP contribution in [0.2, 0.25) is 0 Å². The van der Waals surface area contributed by atoms with Gasteiger partial charge in [-0.25, -0.2) is 8.78 Å². The van der Waals surface area contributed by atoms with E-state index in [9.17, 15) is 18.4 Å². The fourth-order valence-electron chi connectivity index (χ4n) is 7.35. The summed E-state index contributed by atoms with van der Waals surface area (Å²) in [7, 11) is 0. The number of carbonyl (C=O) groups excluding carboxylic acids is 2. The van der Waals surface area contributed by atoms with Crippen LogP contribution >= 0.6 is 0 Å². The van der Waals surface area contributed by atoms with Gasteiger partial charge in [-0.15, -0.1) is 0 Å². The standard InChI is InChI=1S/C38H38F2N4O3/c1-38(2)22-30-35(32(45)23-38)37(33-8-5-21-47-33)44(31-7-4-3-6-29(31)41-30)24-34(46)42-17-19-43(20-18-42)36(25-9-13-27(39)14-10-25)26-11-15-28(40)16-12-26/h3-16,21,36-37,41H,17-20,22-24H2,1-2H3. The normalized spacial score (nSPS) is 19.7. The lowest BCUT2D eigenvalue weighted by Gasteiger charge is -2.41. The first-order valence-electron chi connectivity index (χ1n) is 16.1. The number of piperazine rings is 1. The molecule has 7 nitrogen and oxygen atoms in total. The van der Waals surface area contributed by atoms with Crippen LogP contribution in [0.3, 0.4) is 0 Å². The molecule has 9 heteroatoms. The van der Waals surface area contributed by atoms with E-state index >= 15 is 0 Å². The van der Waals surface area contributed by atoms with Crippen LogP contribution in [0.25, 0.3) is 0 Å². The van der Waals surface area contributed by atoms with Crippen LogP contribution in [0.15, 0.2) is 107 Å². The number of hydrogen-bond donors (Lipinski definition) is 1. The molecule has 3 aromatic carbocycles. The Kier molecular flexibility index (Phi) is 8.18. The van der Waals surface area contributed by atoms with E-state index in [1.807, 2.05) is 46.2 Å². The molecule has 1 N–H and O–H groups in total. The van der Waals surface area contributed by atoms with E-state index < -0.39 is 6.04 Å². The molecule has 47 heavy (non-hydrogen) atoms. The van der Waals surface area contributed by atoms with Gasteiger partial charge in [-0.1, -0.05) is 50.2 Å². The molecular formula is C38H38F2N4O3. The molecule has 1 unspecified atom stereocenters. The third kappa shape index (κ3) is 6.20. The minimum absolute atomic E-state index is 0.0521. The first-order chi connectivity index (χ1) is 22.7. The first kappa shape index (κ1) is 30.9. The lowest BCUT2D eigenvalue weighted by molar-refractivity contribution is -0.132. The number of rotatable bonds is 6. The molecule has 4 aromatic rings. The van der Waals surface area contributed by atoms with Crippen molar-refractivity contribution in [2.24, 2.45) is 5.41 Å². The first-order valence-corrected chi connectivity index (χ1v) is 16.1. The molecule has 3 heterocycles. The Morgan fingerprint density at radius 1 is 0.872 bits per heavy atom. The molecule has 0 saturated carbocycles. The molecule has 1 aliphatic carbocycles. The molecule has 1 amide bonds. The van der Waals surface area contributed by atoms with Gasteiger partial charge in [0.25, 0.3) is 0 Å². The fourth-order valence-corrected chi connectivity index (χ4v) is 7.35. The predicted molar refractivity (Wildman–Crippen MR) is 177 cm³/mol. The Hall–Kier alpha value is -4.76. The van der Waals surface area contributed by atoms with Crippen LogP contribution in [0, 0.1) is 17.0 Å². The number of ketones is 1. The fraction of sp³-hybridized carbons (Fsp3) is 0.316. The van der Waals surface area contributed by atoms with Gasteiger partial charge < -0.3 is 19.5 Å². The number of hydrogen-bond acceptors (Lipinski definition) is 6. The van der Waals surface area contributed by atoms with Crippen molar-refractivity contribution in [1.82, 2.24) is 9.80 Å². The lowest BCUT2D eigenvalue weighted by atomic mass is 9.74. The number of Topliss-reactive ketones (excluding diaryl/α,β-unsaturated/α-hetero) is 1. The molecule has 242 valence electrons. The maximum Gasteiger partial charge on any atom is 0.242 e. The minimum atomic E-state index is -0.564. The van der Waals surface area contributed by atoms with Crippen LogP contribution in [-0.2, 0) is 9.59 Å². The Balaban J connectivity index is 1.16. The topological polar surface area (TPSA) is 69.0 Å². The van der Waals surface area contributed by atoms with Crippen LogP contribution < -0.4 is 10.2 Å². The summed E-state index contributed by atoms with van der Waals surface area (Å²) in [5, 5.41) is 3.58. The average Bonchev–Trinajstić information content (AvgIpc) is 3.54. The molecule has 1 aromatic heterocycles. The van der Waals surface area contributed by atoms with E-state index in [4.69, 9.17) is 4.42 Å². The highest BCUT2D eigenvalue weighted by atomic mass is 19.1. The van der Waals surface area contributed by atoms with Crippen molar-refractivity contribution >= 4 is 23.1 Å². The van der Waals surface area contributed by atoms with Gasteiger partial charge in [0.1, 0.15) is 23.4 Å². The van der Waals surface area contributed by atoms with Gasteiger partial charge in [-0.05, 0) is 71.5 Å². The summed E-state index contributed by atoms with van der Waals surface area (Å²) in [5.41, 5.74) is 4.79. The smallest absolute Gasteiger partial charge is 0.242 e. The number of nitrogens with zero attached hydrogens (tertiary/aromatic N) is 3. The molecule has 1 atom stereocenters. The second kappa shape index (κ2) is 12.4. The van der Waals surface area contributed by atoms with E-state index in [0.29, 0.717) is 50.4 Å². The van der Waals surface area contributed by atoms with Crippen molar-refractivity contribution in [3.05, 3.63) is 131 Å². The Morgan fingerprint density at radius 3 is 2.13 bits per heavy atom. The minimum Gasteiger partial charge on any atom is -0.467 e. The lowest BCUT2D eigenvalue weighted by Crippen LogP contribution is -2.52. The third-order valence-electron chi connectivity index (χ3n) is 9.53. The number of benzene rings is 3. The van der Waals surface area contributed by atoms with Crippen molar-refractivity contribution in [2.75, 3.05) is 42.9 Å². The molecule has 0 bridgehead atoms. The van der Waals surface area contributed by atoms with Gasteiger partial charge in [0, 0.05) is 43.9 Å². The summed E-state index contributed by atoms with van der Waals surface area (Å²) in [4.78, 5) is 34.1. The number of furan rings is 1. The Labute approximate surface area is 273 Å². The van der Waals surface area contributed by atoms with Crippen molar-refractivity contribution < 1.29 is 22.8 Å². The van der Waals surface area contributed by atoms with Crippen molar-refractivity contribution in [3.8, 4) is 0 Å². The summed E-state index contributed by atoms with van der Waals surface area (Å²) < 4.78 is 33.6. The molecule has 1 fully saturated rings. The van der Waals surface area contributed by atoms with Crippen molar-refractivity contribution in [3.63, 3.8) is 0 Å². The number of allylic oxidation sites excluding steroid dienone is 1. The van der Waals surface area contributed by atoms with Gasteiger partial charge in [0.05, 0.1) is 30.2 Å². The zero-order valence-corrected chi connectivity index (χ0v) is 26.6. The molecule has 7 rings (SSSR count). The van der Waals surface area contributed by atoms with E-state index in [1.54, 1.807) is 30.5 Å². The number of carbonyl (C=O) groups is 2. The van der Waals surface area contributed by atoms with Gasteiger partial charge >= 0.3 is 0 Å².